The van der Waals surface area contributed by atoms with Crippen molar-refractivity contribution in [2.24, 2.45) is 17.8 Å². The van der Waals surface area contributed by atoms with Crippen molar-refractivity contribution in [3.05, 3.63) is 24.3 Å². The summed E-state index contributed by atoms with van der Waals surface area (Å²) in [4.78, 5) is 17.6. The van der Waals surface area contributed by atoms with E-state index in [2.05, 4.69) is 46.3 Å². The van der Waals surface area contributed by atoms with Crippen molar-refractivity contribution in [3.8, 4) is 0 Å². The Balaban J connectivity index is 0.00000131. The van der Waals surface area contributed by atoms with Gasteiger partial charge in [-0.15, -0.1) is 24.8 Å². The first kappa shape index (κ1) is 22.3. The summed E-state index contributed by atoms with van der Waals surface area (Å²) >= 11 is 0. The lowest BCUT2D eigenvalue weighted by molar-refractivity contribution is -0.119. The zero-order chi connectivity index (χ0) is 17.2. The second-order valence-corrected chi connectivity index (χ2v) is 8.19. The zero-order valence-electron chi connectivity index (χ0n) is 16.2. The van der Waals surface area contributed by atoms with Gasteiger partial charge in [0, 0.05) is 26.1 Å². The second kappa shape index (κ2) is 9.99. The Morgan fingerprint density at radius 3 is 2.41 bits per heavy atom. The first-order valence-electron chi connectivity index (χ1n) is 10.1. The highest BCUT2D eigenvalue weighted by Crippen LogP contribution is 2.38. The molecule has 1 amide bonds. The molecule has 1 saturated heterocycles. The molecule has 1 saturated carbocycles. The molecule has 1 aromatic rings. The molecule has 1 aromatic carbocycles. The van der Waals surface area contributed by atoms with E-state index in [1.54, 1.807) is 0 Å². The van der Waals surface area contributed by atoms with Crippen LogP contribution in [0.15, 0.2) is 24.3 Å². The number of nitrogens with one attached hydrogen (secondary N) is 1. The number of carbonyl (C=O) groups is 1. The Hall–Kier alpha value is -0.970. The molecule has 6 heteroatoms. The minimum absolute atomic E-state index is 0. The van der Waals surface area contributed by atoms with Crippen molar-refractivity contribution >= 4 is 42.1 Å². The number of para-hydroxylation sites is 2. The van der Waals surface area contributed by atoms with Crippen LogP contribution >= 0.6 is 24.8 Å². The van der Waals surface area contributed by atoms with Crippen LogP contribution in [0.3, 0.4) is 0 Å². The van der Waals surface area contributed by atoms with Crippen LogP contribution in [0.4, 0.5) is 11.4 Å². The minimum Gasteiger partial charge on any atom is -0.368 e. The van der Waals surface area contributed by atoms with Gasteiger partial charge in [0.25, 0.3) is 0 Å². The molecule has 2 heterocycles. The van der Waals surface area contributed by atoms with Gasteiger partial charge in [0.15, 0.2) is 0 Å². The summed E-state index contributed by atoms with van der Waals surface area (Å²) in [5.74, 6) is 2.35. The number of nitrogens with zero attached hydrogens (tertiary/aromatic N) is 2. The molecule has 1 unspecified atom stereocenters. The number of halogens is 2. The van der Waals surface area contributed by atoms with Gasteiger partial charge in [0.2, 0.25) is 5.91 Å². The van der Waals surface area contributed by atoms with Crippen LogP contribution in [0.2, 0.25) is 0 Å². The van der Waals surface area contributed by atoms with Gasteiger partial charge in [-0.25, -0.2) is 0 Å². The molecule has 1 aliphatic carbocycles. The number of hydrogen-bond donors (Lipinski definition) is 1. The van der Waals surface area contributed by atoms with Crippen LogP contribution in [-0.2, 0) is 4.79 Å². The molecule has 1 atom stereocenters. The summed E-state index contributed by atoms with van der Waals surface area (Å²) in [5, 5.41) is 3.42. The van der Waals surface area contributed by atoms with E-state index in [0.717, 1.165) is 44.3 Å². The Morgan fingerprint density at radius 2 is 1.74 bits per heavy atom. The average Bonchev–Trinajstić information content (AvgIpc) is 3.46. The summed E-state index contributed by atoms with van der Waals surface area (Å²) in [6.07, 6.45) is 5.84. The number of fused-ring (bicyclic) bond motifs is 1. The van der Waals surface area contributed by atoms with Gasteiger partial charge in [-0.1, -0.05) is 19.1 Å². The summed E-state index contributed by atoms with van der Waals surface area (Å²) < 4.78 is 0. The van der Waals surface area contributed by atoms with Crippen LogP contribution in [0.5, 0.6) is 0 Å². The number of piperidine rings is 1. The molecule has 0 radical (unpaired) electrons. The van der Waals surface area contributed by atoms with E-state index < -0.39 is 0 Å². The van der Waals surface area contributed by atoms with Crippen molar-refractivity contribution < 1.29 is 4.79 Å². The maximum Gasteiger partial charge on any atom is 0.227 e. The van der Waals surface area contributed by atoms with Crippen LogP contribution in [-0.4, -0.2) is 38.6 Å². The molecule has 3 aliphatic rings. The number of benzene rings is 1. The first-order chi connectivity index (χ1) is 12.2. The third-order valence-electron chi connectivity index (χ3n) is 6.27. The third kappa shape index (κ3) is 5.30. The molecule has 27 heavy (non-hydrogen) atoms. The molecular weight excluding hydrogens is 381 g/mol. The van der Waals surface area contributed by atoms with Crippen LogP contribution < -0.4 is 15.1 Å². The van der Waals surface area contributed by atoms with Crippen LogP contribution in [0.25, 0.3) is 0 Å². The quantitative estimate of drug-likeness (QED) is 0.788. The molecule has 2 fully saturated rings. The topological polar surface area (TPSA) is 35.6 Å². The van der Waals surface area contributed by atoms with Crippen LogP contribution in [0, 0.1) is 17.8 Å². The Morgan fingerprint density at radius 1 is 1.07 bits per heavy atom. The fourth-order valence-electron chi connectivity index (χ4n) is 4.45. The monoisotopic (exact) mass is 413 g/mol. The van der Waals surface area contributed by atoms with Crippen molar-refractivity contribution in [1.29, 1.82) is 0 Å². The van der Waals surface area contributed by atoms with Crippen molar-refractivity contribution in [2.45, 2.75) is 39.0 Å². The molecule has 0 aromatic heterocycles. The molecular formula is C21H33Cl2N3O. The molecule has 0 bridgehead atoms. The van der Waals surface area contributed by atoms with Gasteiger partial charge in [0.05, 0.1) is 11.4 Å². The number of amides is 1. The minimum atomic E-state index is 0. The average molecular weight is 414 g/mol. The van der Waals surface area contributed by atoms with Gasteiger partial charge >= 0.3 is 0 Å². The summed E-state index contributed by atoms with van der Waals surface area (Å²) in [5.41, 5.74) is 2.38. The van der Waals surface area contributed by atoms with Crippen molar-refractivity contribution in [2.75, 3.05) is 42.5 Å². The smallest absolute Gasteiger partial charge is 0.227 e. The summed E-state index contributed by atoms with van der Waals surface area (Å²) in [6.45, 7) is 7.44. The first-order valence-corrected chi connectivity index (χ1v) is 10.1. The van der Waals surface area contributed by atoms with Gasteiger partial charge in [-0.05, 0) is 68.7 Å². The maximum absolute atomic E-state index is 13.0. The second-order valence-electron chi connectivity index (χ2n) is 8.19. The SMILES string of the molecule is CC(CC(=O)N1CCN(CC2CC2)c2ccccc21)C1CCNCC1.Cl.Cl. The van der Waals surface area contributed by atoms with E-state index in [9.17, 15) is 4.79 Å². The Labute approximate surface area is 175 Å². The predicted molar refractivity (Wildman–Crippen MR) is 118 cm³/mol. The fraction of sp³-hybridized carbons (Fsp3) is 0.667. The van der Waals surface area contributed by atoms with Crippen molar-refractivity contribution in [3.63, 3.8) is 0 Å². The lowest BCUT2D eigenvalue weighted by atomic mass is 9.84. The predicted octanol–water partition coefficient (Wildman–Crippen LogP) is 4.12. The van der Waals surface area contributed by atoms with E-state index in [1.165, 1.54) is 31.4 Å². The summed E-state index contributed by atoms with van der Waals surface area (Å²) in [7, 11) is 0. The van der Waals surface area contributed by atoms with E-state index in [0.29, 0.717) is 24.2 Å². The van der Waals surface area contributed by atoms with Gasteiger partial charge in [-0.3, -0.25) is 4.79 Å². The number of rotatable bonds is 5. The largest absolute Gasteiger partial charge is 0.368 e. The molecule has 152 valence electrons. The molecule has 4 rings (SSSR count). The third-order valence-corrected chi connectivity index (χ3v) is 6.27. The molecule has 2 aliphatic heterocycles. The standard InChI is InChI=1S/C21H31N3O.2ClH/c1-16(18-8-10-22-11-9-18)14-21(25)24-13-12-23(15-17-6-7-17)19-4-2-3-5-20(19)24;;/h2-5,16-18,22H,6-15H2,1H3;2*1H. The van der Waals surface area contributed by atoms with Crippen molar-refractivity contribution in [1.82, 2.24) is 5.32 Å². The number of hydrogen-bond acceptors (Lipinski definition) is 3. The number of anilines is 2. The van der Waals surface area contributed by atoms with Gasteiger partial charge in [-0.2, -0.15) is 0 Å². The zero-order valence-corrected chi connectivity index (χ0v) is 17.9. The van der Waals surface area contributed by atoms with Crippen LogP contribution in [0.1, 0.15) is 39.0 Å². The fourth-order valence-corrected chi connectivity index (χ4v) is 4.45. The van der Waals surface area contributed by atoms with Gasteiger partial charge in [0.1, 0.15) is 0 Å². The normalized spacial score (nSPS) is 20.9. The van der Waals surface area contributed by atoms with E-state index >= 15 is 0 Å². The maximum atomic E-state index is 13.0. The van der Waals surface area contributed by atoms with E-state index in [4.69, 9.17) is 0 Å². The lowest BCUT2D eigenvalue weighted by Crippen LogP contribution is -2.45. The Kier molecular flexibility index (Phi) is 8.26. The van der Waals surface area contributed by atoms with E-state index in [1.807, 2.05) is 0 Å². The Bertz CT molecular complexity index is 617. The molecule has 1 N–H and O–H groups in total. The highest BCUT2D eigenvalue weighted by atomic mass is 35.5. The lowest BCUT2D eigenvalue weighted by Gasteiger charge is -2.38. The number of carbonyl (C=O) groups excluding carboxylic acids is 1. The highest BCUT2D eigenvalue weighted by molar-refractivity contribution is 5.98. The van der Waals surface area contributed by atoms with E-state index in [-0.39, 0.29) is 24.8 Å². The molecule has 4 nitrogen and oxygen atoms in total. The highest BCUT2D eigenvalue weighted by Gasteiger charge is 2.32. The molecule has 0 spiro atoms. The summed E-state index contributed by atoms with van der Waals surface area (Å²) in [6, 6.07) is 8.48. The van der Waals surface area contributed by atoms with Gasteiger partial charge < -0.3 is 15.1 Å².